The van der Waals surface area contributed by atoms with Gasteiger partial charge >= 0.3 is 0 Å². The van der Waals surface area contributed by atoms with Crippen LogP contribution in [0.4, 0.5) is 0 Å². The molecule has 0 saturated heterocycles. The van der Waals surface area contributed by atoms with Gasteiger partial charge in [0.05, 0.1) is 0 Å². The van der Waals surface area contributed by atoms with Crippen molar-refractivity contribution in [1.29, 1.82) is 0 Å². The predicted molar refractivity (Wildman–Crippen MR) is 55.3 cm³/mol. The van der Waals surface area contributed by atoms with Gasteiger partial charge < -0.3 is 0 Å². The predicted octanol–water partition coefficient (Wildman–Crippen LogP) is 3.57. The molecule has 7 unspecified atom stereocenters. The molecule has 3 fully saturated rings. The van der Waals surface area contributed by atoms with E-state index < -0.39 is 0 Å². The van der Waals surface area contributed by atoms with Crippen LogP contribution in [0.1, 0.15) is 40.5 Å². The van der Waals surface area contributed by atoms with Crippen molar-refractivity contribution in [1.82, 2.24) is 0 Å². The Labute approximate surface area is 82.1 Å². The fraction of sp³-hybridized carbons (Fsp3) is 1.00. The van der Waals surface area contributed by atoms with Crippen LogP contribution in [0.15, 0.2) is 0 Å². The van der Waals surface area contributed by atoms with Crippen molar-refractivity contribution < 1.29 is 0 Å². The molecule has 0 bridgehead atoms. The van der Waals surface area contributed by atoms with E-state index in [1.807, 2.05) is 0 Å². The minimum absolute atomic E-state index is 0.806. The zero-order chi connectivity index (χ0) is 9.38. The normalized spacial score (nSPS) is 68.3. The van der Waals surface area contributed by atoms with Crippen LogP contribution < -0.4 is 0 Å². The number of rotatable bonds is 1. The molecule has 0 aromatic carbocycles. The van der Waals surface area contributed by atoms with Crippen LogP contribution in [0.5, 0.6) is 0 Å². The van der Waals surface area contributed by atoms with Crippen molar-refractivity contribution in [2.75, 3.05) is 0 Å². The highest BCUT2D eigenvalue weighted by atomic mass is 14.8. The molecule has 0 spiro atoms. The topological polar surface area (TPSA) is 0 Å². The Morgan fingerprint density at radius 1 is 1.15 bits per heavy atom. The first kappa shape index (κ1) is 8.32. The molecule has 0 aromatic heterocycles. The van der Waals surface area contributed by atoms with Gasteiger partial charge in [-0.05, 0) is 53.8 Å². The van der Waals surface area contributed by atoms with Crippen LogP contribution >= 0.6 is 0 Å². The van der Waals surface area contributed by atoms with Crippen LogP contribution in [0.2, 0.25) is 0 Å². The maximum absolute atomic E-state index is 2.54. The van der Waals surface area contributed by atoms with E-state index in [-0.39, 0.29) is 0 Å². The molecule has 0 aliphatic heterocycles. The summed E-state index contributed by atoms with van der Waals surface area (Å²) in [5.41, 5.74) is 0.806. The maximum Gasteiger partial charge on any atom is -0.0209 e. The molecular formula is C13H22. The van der Waals surface area contributed by atoms with E-state index >= 15 is 0 Å². The summed E-state index contributed by atoms with van der Waals surface area (Å²) in [7, 11) is 0. The third-order valence-corrected chi connectivity index (χ3v) is 6.19. The van der Waals surface area contributed by atoms with Gasteiger partial charge in [0.15, 0.2) is 0 Å². The molecule has 0 aromatic rings. The third kappa shape index (κ3) is 0.649. The van der Waals surface area contributed by atoms with Gasteiger partial charge in [0, 0.05) is 0 Å². The average Bonchev–Trinajstić information content (AvgIpc) is 2.59. The molecule has 0 nitrogen and oxygen atoms in total. The Bertz CT molecular complexity index is 244. The highest BCUT2D eigenvalue weighted by Crippen LogP contribution is 2.80. The largest absolute Gasteiger partial charge is 0.0648 e. The van der Waals surface area contributed by atoms with Gasteiger partial charge in [-0.25, -0.2) is 0 Å². The molecule has 3 aliphatic carbocycles. The SMILES string of the molecule is CCC12C(C)C3C(C)CC3C1C2C. The highest BCUT2D eigenvalue weighted by molar-refractivity contribution is 5.23. The lowest BCUT2D eigenvalue weighted by Gasteiger charge is -2.44. The second kappa shape index (κ2) is 2.15. The van der Waals surface area contributed by atoms with Crippen molar-refractivity contribution in [2.45, 2.75) is 40.5 Å². The molecule has 0 radical (unpaired) electrons. The molecule has 0 heterocycles. The minimum Gasteiger partial charge on any atom is -0.0648 e. The summed E-state index contributed by atoms with van der Waals surface area (Å²) in [6.45, 7) is 9.93. The van der Waals surface area contributed by atoms with Crippen LogP contribution in [0.25, 0.3) is 0 Å². The van der Waals surface area contributed by atoms with Crippen LogP contribution in [-0.4, -0.2) is 0 Å². The summed E-state index contributed by atoms with van der Waals surface area (Å²) in [6.07, 6.45) is 2.99. The Balaban J connectivity index is 1.92. The fourth-order valence-corrected chi connectivity index (χ4v) is 5.64. The van der Waals surface area contributed by atoms with Gasteiger partial charge in [0.1, 0.15) is 0 Å². The molecule has 7 atom stereocenters. The van der Waals surface area contributed by atoms with Gasteiger partial charge in [-0.2, -0.15) is 0 Å². The molecule has 74 valence electrons. The first-order valence-electron chi connectivity index (χ1n) is 6.14. The van der Waals surface area contributed by atoms with Gasteiger partial charge in [-0.1, -0.05) is 27.7 Å². The lowest BCUT2D eigenvalue weighted by atomic mass is 9.61. The number of hydrogen-bond donors (Lipinski definition) is 0. The first-order chi connectivity index (χ1) is 6.14. The Morgan fingerprint density at radius 3 is 2.38 bits per heavy atom. The second-order valence-corrected chi connectivity index (χ2v) is 6.02. The first-order valence-corrected chi connectivity index (χ1v) is 6.14. The van der Waals surface area contributed by atoms with E-state index in [0.717, 1.165) is 40.9 Å². The van der Waals surface area contributed by atoms with Crippen molar-refractivity contribution in [2.24, 2.45) is 40.9 Å². The molecule has 0 heteroatoms. The van der Waals surface area contributed by atoms with E-state index in [0.29, 0.717) is 0 Å². The molecule has 3 saturated carbocycles. The minimum atomic E-state index is 0.806. The van der Waals surface area contributed by atoms with Crippen molar-refractivity contribution in [3.63, 3.8) is 0 Å². The zero-order valence-corrected chi connectivity index (χ0v) is 9.38. The molecule has 0 amide bonds. The fourth-order valence-electron chi connectivity index (χ4n) is 5.64. The summed E-state index contributed by atoms with van der Waals surface area (Å²) in [5.74, 6) is 6.52. The van der Waals surface area contributed by atoms with E-state index in [1.165, 1.54) is 6.42 Å². The quantitative estimate of drug-likeness (QED) is 0.576. The molecule has 13 heavy (non-hydrogen) atoms. The Morgan fingerprint density at radius 2 is 1.85 bits per heavy atom. The summed E-state index contributed by atoms with van der Waals surface area (Å²) in [6, 6.07) is 0. The number of hydrogen-bond acceptors (Lipinski definition) is 0. The average molecular weight is 178 g/mol. The van der Waals surface area contributed by atoms with Crippen molar-refractivity contribution in [3.8, 4) is 0 Å². The summed E-state index contributed by atoms with van der Waals surface area (Å²) in [5, 5.41) is 0. The molecule has 0 N–H and O–H groups in total. The smallest absolute Gasteiger partial charge is 0.0209 e. The van der Waals surface area contributed by atoms with E-state index in [2.05, 4.69) is 27.7 Å². The van der Waals surface area contributed by atoms with Gasteiger partial charge in [0.2, 0.25) is 0 Å². The van der Waals surface area contributed by atoms with Gasteiger partial charge in [-0.3, -0.25) is 0 Å². The zero-order valence-electron chi connectivity index (χ0n) is 9.38. The third-order valence-electron chi connectivity index (χ3n) is 6.19. The van der Waals surface area contributed by atoms with Crippen molar-refractivity contribution >= 4 is 0 Å². The Hall–Kier alpha value is 0. The molecule has 3 aliphatic rings. The Kier molecular flexibility index (Phi) is 1.37. The lowest BCUT2D eigenvalue weighted by Crippen LogP contribution is -2.38. The maximum atomic E-state index is 2.54. The summed E-state index contributed by atoms with van der Waals surface area (Å²) < 4.78 is 0. The van der Waals surface area contributed by atoms with Crippen LogP contribution in [-0.2, 0) is 0 Å². The highest BCUT2D eigenvalue weighted by Gasteiger charge is 2.75. The van der Waals surface area contributed by atoms with Gasteiger partial charge in [0.25, 0.3) is 0 Å². The monoisotopic (exact) mass is 178 g/mol. The standard InChI is InChI=1S/C13H22/c1-5-13-8(3)11-7(2)6-10(11)12(13)9(13)4/h7-12H,5-6H2,1-4H3. The lowest BCUT2D eigenvalue weighted by molar-refractivity contribution is 0.0406. The van der Waals surface area contributed by atoms with E-state index in [1.54, 1.807) is 6.42 Å². The summed E-state index contributed by atoms with van der Waals surface area (Å²) >= 11 is 0. The van der Waals surface area contributed by atoms with Crippen LogP contribution in [0.3, 0.4) is 0 Å². The van der Waals surface area contributed by atoms with Crippen molar-refractivity contribution in [3.05, 3.63) is 0 Å². The number of fused-ring (bicyclic) bond motifs is 3. The molecular weight excluding hydrogens is 156 g/mol. The second-order valence-electron chi connectivity index (χ2n) is 6.02. The van der Waals surface area contributed by atoms with Gasteiger partial charge in [-0.15, -0.1) is 0 Å². The van der Waals surface area contributed by atoms with E-state index in [4.69, 9.17) is 0 Å². The summed E-state index contributed by atoms with van der Waals surface area (Å²) in [4.78, 5) is 0. The van der Waals surface area contributed by atoms with Crippen LogP contribution in [0, 0.1) is 40.9 Å². The van der Waals surface area contributed by atoms with E-state index in [9.17, 15) is 0 Å². The molecule has 3 rings (SSSR count).